The van der Waals surface area contributed by atoms with Gasteiger partial charge in [0.1, 0.15) is 204 Å². The molecule has 68 heavy (non-hydrogen) atoms. The Labute approximate surface area is 430 Å². The van der Waals surface area contributed by atoms with Gasteiger partial charge in [0.25, 0.3) is 0 Å². The predicted octanol–water partition coefficient (Wildman–Crippen LogP) is -19.4. The molecule has 0 atom stereocenters. The topological polar surface area (TPSA) is 0 Å². The molecule has 0 saturated heterocycles. The number of benzene rings is 9. The van der Waals surface area contributed by atoms with Gasteiger partial charge in [-0.2, -0.15) is 0 Å². The Morgan fingerprint density at radius 2 is 0.235 bits per heavy atom. The molecule has 0 nitrogen and oxygen atoms in total. The highest BCUT2D eigenvalue weighted by atomic mass is 14.3. The third-order valence-electron chi connectivity index (χ3n) is 13.5. The van der Waals surface area contributed by atoms with E-state index in [4.69, 9.17) is 204 Å². The van der Waals surface area contributed by atoms with Crippen LogP contribution in [0.25, 0.3) is 86.9 Å². The van der Waals surface area contributed by atoms with Crippen molar-refractivity contribution >= 4 is 411 Å². The molecule has 0 aliphatic rings. The first-order valence-electron chi connectivity index (χ1n) is 20.0. The van der Waals surface area contributed by atoms with Crippen LogP contribution in [0.15, 0.2) is 0 Å². The molecule has 0 spiro atoms. The van der Waals surface area contributed by atoms with Crippen LogP contribution in [-0.4, -0.2) is 204 Å². The van der Waals surface area contributed by atoms with Crippen molar-refractivity contribution in [2.75, 3.05) is 0 Å². The molecule has 0 heterocycles. The molecule has 246 valence electrons. The van der Waals surface area contributed by atoms with Gasteiger partial charge in [0, 0.05) is 0 Å². The number of fused-ring (bicyclic) bond motifs is 9. The van der Waals surface area contributed by atoms with Gasteiger partial charge in [-0.05, 0) is 86.9 Å². The molecule has 0 aliphatic carbocycles. The molecule has 0 fully saturated rings. The number of rotatable bonds is 2. The van der Waals surface area contributed by atoms with Gasteiger partial charge in [0.2, 0.25) is 0 Å². The van der Waals surface area contributed by atoms with Crippen LogP contribution in [0.5, 0.6) is 0 Å². The van der Waals surface area contributed by atoms with E-state index in [9.17, 15) is 0 Å². The van der Waals surface area contributed by atoms with E-state index in [0.717, 1.165) is 0 Å². The Morgan fingerprint density at radius 3 is 0.500 bits per heavy atom. The zero-order chi connectivity index (χ0) is 50.2. The fourth-order valence-corrected chi connectivity index (χ4v) is 9.92. The lowest BCUT2D eigenvalue weighted by molar-refractivity contribution is 1.86. The van der Waals surface area contributed by atoms with Crippen molar-refractivity contribution < 1.29 is 0 Å². The Bertz CT molecular complexity index is 3840. The summed E-state index contributed by atoms with van der Waals surface area (Å²) in [5.41, 5.74) is -3.57. The molecule has 9 aromatic carbocycles. The Balaban J connectivity index is 1.71. The highest BCUT2D eigenvalue weighted by molar-refractivity contribution is 6.79. The number of hydrogen-bond acceptors (Lipinski definition) is 0. The molecule has 9 aromatic rings. The molecular formula is C42B26. The fourth-order valence-electron chi connectivity index (χ4n) is 9.92. The Hall–Kier alpha value is -3.77. The van der Waals surface area contributed by atoms with Crippen LogP contribution in [-0.2, 0) is 0 Å². The summed E-state index contributed by atoms with van der Waals surface area (Å²) in [5.74, 6) is 0. The molecule has 0 aromatic heterocycles. The molecule has 0 aliphatic heterocycles. The lowest BCUT2D eigenvalue weighted by Gasteiger charge is -2.33. The van der Waals surface area contributed by atoms with E-state index in [1.54, 1.807) is 0 Å². The van der Waals surface area contributed by atoms with E-state index in [-0.39, 0.29) is 229 Å². The van der Waals surface area contributed by atoms with E-state index in [0.29, 0.717) is 0 Å². The Morgan fingerprint density at radius 1 is 0.0882 bits per heavy atom. The van der Waals surface area contributed by atoms with Crippen molar-refractivity contribution in [3.8, 4) is 22.3 Å². The van der Waals surface area contributed by atoms with E-state index in [2.05, 4.69) is 0 Å². The minimum Gasteiger partial charge on any atom is -0.110 e. The van der Waals surface area contributed by atoms with Gasteiger partial charge in [-0.15, -0.1) is 60.1 Å². The summed E-state index contributed by atoms with van der Waals surface area (Å²) in [6.07, 6.45) is 0. The van der Waals surface area contributed by atoms with Crippen LogP contribution in [0.3, 0.4) is 0 Å². The van der Waals surface area contributed by atoms with Gasteiger partial charge in [-0.25, -0.2) is 0 Å². The summed E-state index contributed by atoms with van der Waals surface area (Å²) < 4.78 is 0. The van der Waals surface area contributed by atoms with Crippen molar-refractivity contribution in [3.05, 3.63) is 0 Å². The largest absolute Gasteiger partial charge is 0.115 e. The van der Waals surface area contributed by atoms with Gasteiger partial charge in [-0.3, -0.25) is 0 Å². The first kappa shape index (κ1) is 49.2. The van der Waals surface area contributed by atoms with Gasteiger partial charge in [-0.1, -0.05) is 81.9 Å². The third-order valence-corrected chi connectivity index (χ3v) is 13.5. The van der Waals surface area contributed by atoms with Crippen molar-refractivity contribution in [3.63, 3.8) is 0 Å². The summed E-state index contributed by atoms with van der Waals surface area (Å²) in [5, 5.41) is 0.849. The second-order valence-electron chi connectivity index (χ2n) is 16.8. The molecule has 0 amide bonds. The zero-order valence-corrected chi connectivity index (χ0v) is 36.0. The number of hydrogen-bond donors (Lipinski definition) is 0. The SMILES string of the molecule is [B]c1c([B])c([B])c2c(-c3c4c([B])c([B])c([B])c([B])c4c(-c4c([B])c([B])c5c6c([B])c([B])c([B])c([B])c6c6c([B])c([B])c([B])c([B])c6c5c4[B])c4c([B])c([B])c([B])c([B])c34)c([B])c([B])c([B])c2c1[B]. The summed E-state index contributed by atoms with van der Waals surface area (Å²) in [6.45, 7) is 0. The van der Waals surface area contributed by atoms with Crippen LogP contribution in [0.4, 0.5) is 0 Å². The second-order valence-corrected chi connectivity index (χ2v) is 16.8. The van der Waals surface area contributed by atoms with Gasteiger partial charge < -0.3 is 0 Å². The fraction of sp³-hybridized carbons (Fsp3) is 0. The van der Waals surface area contributed by atoms with Crippen LogP contribution in [0.2, 0.25) is 0 Å². The lowest BCUT2D eigenvalue weighted by atomic mass is 9.55. The minimum absolute atomic E-state index is 0.000563. The molecule has 0 bridgehead atoms. The molecule has 26 heteroatoms. The van der Waals surface area contributed by atoms with Gasteiger partial charge >= 0.3 is 0 Å². The summed E-state index contributed by atoms with van der Waals surface area (Å²) in [7, 11) is 177. The minimum atomic E-state index is -0.210. The maximum atomic E-state index is 7.49. The summed E-state index contributed by atoms with van der Waals surface area (Å²) in [4.78, 5) is 0. The average molecular weight is 786 g/mol. The van der Waals surface area contributed by atoms with Gasteiger partial charge in [0.15, 0.2) is 0 Å². The third kappa shape index (κ3) is 6.06. The second kappa shape index (κ2) is 16.4. The van der Waals surface area contributed by atoms with Crippen LogP contribution in [0.1, 0.15) is 0 Å². The molecule has 0 unspecified atom stereocenters. The van der Waals surface area contributed by atoms with E-state index in [1.165, 1.54) is 0 Å². The van der Waals surface area contributed by atoms with E-state index < -0.39 is 0 Å². The molecule has 52 radical (unpaired) electrons. The van der Waals surface area contributed by atoms with Crippen molar-refractivity contribution in [2.24, 2.45) is 0 Å². The normalized spacial score (nSPS) is 11.9. The molecule has 9 rings (SSSR count). The first-order chi connectivity index (χ1) is 31.7. The Kier molecular flexibility index (Phi) is 11.9. The quantitative estimate of drug-likeness (QED) is 0.0930. The maximum Gasteiger partial charge on any atom is 0.115 e. The van der Waals surface area contributed by atoms with Crippen molar-refractivity contribution in [1.29, 1.82) is 0 Å². The summed E-state index contributed by atoms with van der Waals surface area (Å²) >= 11 is 0. The first-order valence-corrected chi connectivity index (χ1v) is 20.0. The molecule has 0 saturated carbocycles. The highest BCUT2D eigenvalue weighted by Crippen LogP contribution is 2.41. The summed E-state index contributed by atoms with van der Waals surface area (Å²) in [6, 6.07) is 0. The van der Waals surface area contributed by atoms with E-state index in [1.807, 2.05) is 0 Å². The van der Waals surface area contributed by atoms with Crippen molar-refractivity contribution in [1.82, 2.24) is 0 Å². The zero-order valence-electron chi connectivity index (χ0n) is 36.0. The van der Waals surface area contributed by atoms with Crippen molar-refractivity contribution in [2.45, 2.75) is 0 Å². The lowest BCUT2D eigenvalue weighted by Crippen LogP contribution is -2.53. The highest BCUT2D eigenvalue weighted by Gasteiger charge is 2.31. The maximum absolute atomic E-state index is 7.49. The monoisotopic (exact) mass is 790 g/mol. The average Bonchev–Trinajstić information content (AvgIpc) is 3.31. The molecular weight excluding hydrogens is 786 g/mol. The standard InChI is InChI=1S/C42B26/c43-17-8-9(11-13(27(53)40(66)38(64)25(11)51)12-10(8)24(50)37(63)39(65)26(12)52)18(44)29(55)15(17)2-6-3(20(46)33(59)35(61)22(6)48)1(4-7(2)23(49)36(62)34(60)21(4)47)5-14-16(30(56)32(58)19(5)45)31(57)42(68)41(67)28(14)54. The van der Waals surface area contributed by atoms with Crippen LogP contribution >= 0.6 is 0 Å². The van der Waals surface area contributed by atoms with E-state index >= 15 is 0 Å². The van der Waals surface area contributed by atoms with Crippen LogP contribution < -0.4 is 142 Å². The van der Waals surface area contributed by atoms with Gasteiger partial charge in [0.05, 0.1) is 0 Å². The van der Waals surface area contributed by atoms with Crippen LogP contribution in [0, 0.1) is 0 Å². The molecule has 0 N–H and O–H groups in total. The predicted molar refractivity (Wildman–Crippen MR) is 322 cm³/mol. The smallest absolute Gasteiger partial charge is 0.110 e.